The van der Waals surface area contributed by atoms with Crippen molar-refractivity contribution in [3.05, 3.63) is 0 Å². The van der Waals surface area contributed by atoms with E-state index in [0.717, 1.165) is 0 Å². The molecule has 0 atom stereocenters. The number of alkyl halides is 3. The van der Waals surface area contributed by atoms with Crippen LogP contribution >= 0.6 is 0 Å². The Morgan fingerprint density at radius 2 is 1.81 bits per heavy atom. The van der Waals surface area contributed by atoms with Gasteiger partial charge in [-0.15, -0.1) is 0 Å². The number of nitriles is 1. The monoisotopic (exact) mass is 307 g/mol. The molecule has 0 radical (unpaired) electrons. The van der Waals surface area contributed by atoms with Crippen LogP contribution in [0.4, 0.5) is 13.2 Å². The summed E-state index contributed by atoms with van der Waals surface area (Å²) in [6, 6.07) is 2.21. The molecule has 1 rings (SSSR count). The van der Waals surface area contributed by atoms with E-state index in [2.05, 4.69) is 10.8 Å². The third-order valence-corrected chi connectivity index (χ3v) is 3.42. The quantitative estimate of drug-likeness (QED) is 0.721. The van der Waals surface area contributed by atoms with Gasteiger partial charge in [0.1, 0.15) is 12.1 Å². The third kappa shape index (κ3) is 5.89. The smallest absolute Gasteiger partial charge is 0.372 e. The van der Waals surface area contributed by atoms with Crippen molar-refractivity contribution in [3.8, 4) is 6.07 Å². The summed E-state index contributed by atoms with van der Waals surface area (Å²) in [4.78, 5) is 15.4. The van der Waals surface area contributed by atoms with Gasteiger partial charge in [0.15, 0.2) is 0 Å². The van der Waals surface area contributed by atoms with Crippen LogP contribution in [-0.4, -0.2) is 66.8 Å². The number of carbonyl (C=O) groups is 1. The lowest BCUT2D eigenvalue weighted by molar-refractivity contribution is -0.175. The molecular formula is C13H20F3N3O2. The molecular weight excluding hydrogens is 287 g/mol. The summed E-state index contributed by atoms with van der Waals surface area (Å²) in [7, 11) is 0. The van der Waals surface area contributed by atoms with E-state index in [1.54, 1.807) is 4.90 Å². The highest BCUT2D eigenvalue weighted by Crippen LogP contribution is 2.17. The fourth-order valence-electron chi connectivity index (χ4n) is 2.09. The number of amides is 1. The highest BCUT2D eigenvalue weighted by atomic mass is 19.4. The largest absolute Gasteiger partial charge is 0.411 e. The normalized spacial score (nSPS) is 17.6. The molecule has 120 valence electrons. The van der Waals surface area contributed by atoms with Gasteiger partial charge in [0.2, 0.25) is 5.91 Å². The number of halogens is 3. The molecule has 0 saturated carbocycles. The molecule has 1 aliphatic rings. The van der Waals surface area contributed by atoms with E-state index in [1.165, 1.54) is 0 Å². The number of ether oxygens (including phenoxy) is 1. The average Bonchev–Trinajstić information content (AvgIpc) is 2.42. The van der Waals surface area contributed by atoms with E-state index in [4.69, 9.17) is 5.26 Å². The fourth-order valence-corrected chi connectivity index (χ4v) is 2.09. The highest BCUT2D eigenvalue weighted by molar-refractivity contribution is 5.76. The van der Waals surface area contributed by atoms with Gasteiger partial charge < -0.3 is 9.64 Å². The van der Waals surface area contributed by atoms with Crippen LogP contribution in [0.1, 0.15) is 20.3 Å². The Bertz CT molecular complexity index is 396. The van der Waals surface area contributed by atoms with Crippen LogP contribution < -0.4 is 0 Å². The fraction of sp³-hybridized carbons (Fsp3) is 0.846. The van der Waals surface area contributed by atoms with Crippen molar-refractivity contribution < 1.29 is 22.7 Å². The predicted octanol–water partition coefficient (Wildman–Crippen LogP) is 1.40. The maximum Gasteiger partial charge on any atom is 0.411 e. The Morgan fingerprint density at radius 1 is 1.24 bits per heavy atom. The van der Waals surface area contributed by atoms with Crippen molar-refractivity contribution >= 4 is 5.91 Å². The average molecular weight is 307 g/mol. The van der Waals surface area contributed by atoms with Crippen LogP contribution in [-0.2, 0) is 9.53 Å². The molecule has 0 unspecified atom stereocenters. The second kappa shape index (κ2) is 7.09. The van der Waals surface area contributed by atoms with Crippen LogP contribution in [0.5, 0.6) is 0 Å². The lowest BCUT2D eigenvalue weighted by Crippen LogP contribution is -2.55. The number of nitrogens with zero attached hydrogens (tertiary/aromatic N) is 3. The minimum Gasteiger partial charge on any atom is -0.372 e. The number of hydrogen-bond donors (Lipinski definition) is 0. The van der Waals surface area contributed by atoms with Gasteiger partial charge in [-0.1, -0.05) is 0 Å². The van der Waals surface area contributed by atoms with Gasteiger partial charge in [-0.3, -0.25) is 9.69 Å². The third-order valence-electron chi connectivity index (χ3n) is 3.42. The molecule has 21 heavy (non-hydrogen) atoms. The van der Waals surface area contributed by atoms with Crippen LogP contribution in [0.2, 0.25) is 0 Å². The second-order valence-electron chi connectivity index (χ2n) is 5.46. The van der Waals surface area contributed by atoms with E-state index < -0.39 is 18.3 Å². The Kier molecular flexibility index (Phi) is 5.98. The first-order valence-corrected chi connectivity index (χ1v) is 6.74. The molecule has 0 bridgehead atoms. The summed E-state index contributed by atoms with van der Waals surface area (Å²) in [6.07, 6.45) is -4.42. The maximum atomic E-state index is 11.9. The van der Waals surface area contributed by atoms with Crippen molar-refractivity contribution in [2.24, 2.45) is 0 Å². The number of hydrogen-bond acceptors (Lipinski definition) is 4. The van der Waals surface area contributed by atoms with Crippen molar-refractivity contribution in [1.29, 1.82) is 5.26 Å². The van der Waals surface area contributed by atoms with Crippen molar-refractivity contribution in [1.82, 2.24) is 9.80 Å². The molecule has 1 heterocycles. The summed E-state index contributed by atoms with van der Waals surface area (Å²) in [5, 5.41) is 9.05. The summed E-state index contributed by atoms with van der Waals surface area (Å²) < 4.78 is 40.0. The van der Waals surface area contributed by atoms with Crippen molar-refractivity contribution in [3.63, 3.8) is 0 Å². The molecule has 0 spiro atoms. The van der Waals surface area contributed by atoms with Gasteiger partial charge in [0, 0.05) is 26.2 Å². The molecule has 0 aromatic rings. The molecule has 0 aromatic carbocycles. The zero-order valence-electron chi connectivity index (χ0n) is 12.2. The van der Waals surface area contributed by atoms with Crippen LogP contribution in [0.25, 0.3) is 0 Å². The minimum atomic E-state index is -4.36. The number of piperazine rings is 1. The molecule has 1 aliphatic heterocycles. The van der Waals surface area contributed by atoms with Crippen LogP contribution in [0.3, 0.4) is 0 Å². The number of carbonyl (C=O) groups excluding carboxylic acids is 1. The zero-order chi connectivity index (χ0) is 16.1. The summed E-state index contributed by atoms with van der Waals surface area (Å²) in [5.41, 5.74) is -0.578. The highest BCUT2D eigenvalue weighted by Gasteiger charge is 2.31. The van der Waals surface area contributed by atoms with Crippen molar-refractivity contribution in [2.45, 2.75) is 32.0 Å². The van der Waals surface area contributed by atoms with E-state index >= 15 is 0 Å². The summed E-state index contributed by atoms with van der Waals surface area (Å²) >= 11 is 0. The minimum absolute atomic E-state index is 0.0578. The molecule has 1 amide bonds. The van der Waals surface area contributed by atoms with Gasteiger partial charge >= 0.3 is 6.18 Å². The van der Waals surface area contributed by atoms with E-state index in [1.807, 2.05) is 18.7 Å². The van der Waals surface area contributed by atoms with Crippen LogP contribution in [0, 0.1) is 11.3 Å². The Hall–Kier alpha value is -1.33. The molecule has 1 saturated heterocycles. The molecule has 0 aliphatic carbocycles. The SMILES string of the molecule is CC(C)(C#N)N1CCN(C(=O)CCOCC(F)(F)F)CC1. The predicted molar refractivity (Wildman–Crippen MR) is 69.3 cm³/mol. The molecule has 1 fully saturated rings. The second-order valence-corrected chi connectivity index (χ2v) is 5.46. The molecule has 0 aromatic heterocycles. The first-order chi connectivity index (χ1) is 9.65. The van der Waals surface area contributed by atoms with Gasteiger partial charge in [-0.05, 0) is 13.8 Å². The molecule has 5 nitrogen and oxygen atoms in total. The molecule has 0 N–H and O–H groups in total. The Labute approximate surface area is 122 Å². The summed E-state index contributed by atoms with van der Waals surface area (Å²) in [6.45, 7) is 4.18. The standard InChI is InChI=1S/C13H20F3N3O2/c1-12(2,9-17)19-6-4-18(5-7-19)11(20)3-8-21-10-13(14,15)16/h3-8,10H2,1-2H3. The summed E-state index contributed by atoms with van der Waals surface area (Å²) in [5.74, 6) is -0.216. The Morgan fingerprint density at radius 3 is 2.29 bits per heavy atom. The lowest BCUT2D eigenvalue weighted by Gasteiger charge is -2.40. The van der Waals surface area contributed by atoms with Gasteiger partial charge in [-0.25, -0.2) is 0 Å². The van der Waals surface area contributed by atoms with E-state index in [9.17, 15) is 18.0 Å². The van der Waals surface area contributed by atoms with E-state index in [-0.39, 0.29) is 18.9 Å². The van der Waals surface area contributed by atoms with Crippen molar-refractivity contribution in [2.75, 3.05) is 39.4 Å². The maximum absolute atomic E-state index is 11.9. The van der Waals surface area contributed by atoms with Gasteiger partial charge in [-0.2, -0.15) is 18.4 Å². The molecule has 8 heteroatoms. The zero-order valence-corrected chi connectivity index (χ0v) is 12.2. The Balaban J connectivity index is 2.28. The first-order valence-electron chi connectivity index (χ1n) is 6.74. The first kappa shape index (κ1) is 17.7. The number of rotatable bonds is 5. The van der Waals surface area contributed by atoms with Gasteiger partial charge in [0.25, 0.3) is 0 Å². The van der Waals surface area contributed by atoms with E-state index in [0.29, 0.717) is 26.2 Å². The topological polar surface area (TPSA) is 56.6 Å². The van der Waals surface area contributed by atoms with Crippen LogP contribution in [0.15, 0.2) is 0 Å². The van der Waals surface area contributed by atoms with Gasteiger partial charge in [0.05, 0.1) is 19.1 Å². The lowest BCUT2D eigenvalue weighted by atomic mass is 10.0.